The number of carbonyl (C=O) groups is 1. The molecule has 16 heavy (non-hydrogen) atoms. The lowest BCUT2D eigenvalue weighted by Crippen LogP contribution is -2.39. The Labute approximate surface area is 96.0 Å². The third kappa shape index (κ3) is 3.24. The number of carbonyl (C=O) groups excluding carboxylic acids is 1. The van der Waals surface area contributed by atoms with Gasteiger partial charge in [-0.05, 0) is 31.7 Å². The Bertz CT molecular complexity index is 366. The van der Waals surface area contributed by atoms with Crippen molar-refractivity contribution in [3.05, 3.63) is 29.8 Å². The van der Waals surface area contributed by atoms with Crippen molar-refractivity contribution in [2.45, 2.75) is 19.5 Å². The zero-order valence-corrected chi connectivity index (χ0v) is 9.93. The monoisotopic (exact) mass is 222 g/mol. The number of nitrogens with two attached hydrogens (primary N) is 1. The van der Waals surface area contributed by atoms with Crippen LogP contribution in [0.5, 0.6) is 5.75 Å². The molecule has 0 aliphatic carbocycles. The van der Waals surface area contributed by atoms with E-state index in [1.165, 1.54) is 0 Å². The van der Waals surface area contributed by atoms with Gasteiger partial charge < -0.3 is 10.5 Å². The predicted molar refractivity (Wildman–Crippen MR) is 63.1 cm³/mol. The second-order valence-corrected chi connectivity index (χ2v) is 3.84. The summed E-state index contributed by atoms with van der Waals surface area (Å²) in [6.45, 7) is 2.46. The molecule has 1 amide bonds. The molecule has 1 aromatic carbocycles. The van der Waals surface area contributed by atoms with Crippen molar-refractivity contribution < 1.29 is 9.53 Å². The predicted octanol–water partition coefficient (Wildman–Crippen LogP) is 1.00. The highest BCUT2D eigenvalue weighted by Crippen LogP contribution is 2.14. The molecule has 88 valence electrons. The van der Waals surface area contributed by atoms with E-state index in [1.807, 2.05) is 36.2 Å². The van der Waals surface area contributed by atoms with E-state index in [9.17, 15) is 4.79 Å². The Morgan fingerprint density at radius 3 is 2.81 bits per heavy atom. The van der Waals surface area contributed by atoms with Gasteiger partial charge in [0, 0.05) is 6.54 Å². The quantitative estimate of drug-likeness (QED) is 0.808. The minimum Gasteiger partial charge on any atom is -0.497 e. The van der Waals surface area contributed by atoms with Crippen molar-refractivity contribution in [3.63, 3.8) is 0 Å². The maximum Gasteiger partial charge on any atom is 0.234 e. The maximum absolute atomic E-state index is 11.0. The lowest BCUT2D eigenvalue weighted by atomic mass is 10.2. The second-order valence-electron chi connectivity index (χ2n) is 3.84. The van der Waals surface area contributed by atoms with Crippen LogP contribution in [0.3, 0.4) is 0 Å². The third-order valence-electron chi connectivity index (χ3n) is 2.64. The number of hydrogen-bond donors (Lipinski definition) is 1. The van der Waals surface area contributed by atoms with Crippen LogP contribution in [0.15, 0.2) is 24.3 Å². The van der Waals surface area contributed by atoms with E-state index in [4.69, 9.17) is 10.5 Å². The Balaban J connectivity index is 2.68. The van der Waals surface area contributed by atoms with Gasteiger partial charge in [0.2, 0.25) is 5.91 Å². The van der Waals surface area contributed by atoms with Crippen molar-refractivity contribution in [1.82, 2.24) is 4.90 Å². The van der Waals surface area contributed by atoms with E-state index < -0.39 is 0 Å². The summed E-state index contributed by atoms with van der Waals surface area (Å²) in [6, 6.07) is 7.49. The van der Waals surface area contributed by atoms with Crippen molar-refractivity contribution in [3.8, 4) is 5.75 Å². The standard InChI is InChI=1S/C12H18N2O2/c1-9(12(13)15)14(2)8-10-5-4-6-11(7-10)16-3/h4-7,9H,8H2,1-3H3,(H2,13,15)/t9-/m1/s1. The molecular formula is C12H18N2O2. The lowest BCUT2D eigenvalue weighted by molar-refractivity contribution is -0.122. The summed E-state index contributed by atoms with van der Waals surface area (Å²) in [6.07, 6.45) is 0. The van der Waals surface area contributed by atoms with Crippen LogP contribution in [-0.4, -0.2) is 31.0 Å². The van der Waals surface area contributed by atoms with Gasteiger partial charge in [-0.2, -0.15) is 0 Å². The summed E-state index contributed by atoms with van der Waals surface area (Å²) in [5.74, 6) is 0.503. The van der Waals surface area contributed by atoms with Crippen LogP contribution in [0.1, 0.15) is 12.5 Å². The fraction of sp³-hybridized carbons (Fsp3) is 0.417. The van der Waals surface area contributed by atoms with Crippen LogP contribution in [-0.2, 0) is 11.3 Å². The zero-order chi connectivity index (χ0) is 12.1. The minimum atomic E-state index is -0.314. The molecule has 0 bridgehead atoms. The maximum atomic E-state index is 11.0. The van der Waals surface area contributed by atoms with Crippen molar-refractivity contribution in [1.29, 1.82) is 0 Å². The molecule has 1 atom stereocenters. The first kappa shape index (κ1) is 12.5. The fourth-order valence-electron chi connectivity index (χ4n) is 1.41. The molecule has 0 saturated heterocycles. The first-order valence-corrected chi connectivity index (χ1v) is 5.17. The number of likely N-dealkylation sites (N-methyl/N-ethyl adjacent to an activating group) is 1. The molecule has 0 radical (unpaired) electrons. The van der Waals surface area contributed by atoms with Crippen LogP contribution < -0.4 is 10.5 Å². The van der Waals surface area contributed by atoms with Crippen LogP contribution in [0, 0.1) is 0 Å². The van der Waals surface area contributed by atoms with Gasteiger partial charge >= 0.3 is 0 Å². The zero-order valence-electron chi connectivity index (χ0n) is 9.93. The Kier molecular flexibility index (Phi) is 4.31. The molecule has 0 spiro atoms. The fourth-order valence-corrected chi connectivity index (χ4v) is 1.41. The molecular weight excluding hydrogens is 204 g/mol. The number of benzene rings is 1. The molecule has 0 saturated carbocycles. The first-order valence-electron chi connectivity index (χ1n) is 5.17. The van der Waals surface area contributed by atoms with Gasteiger partial charge in [-0.3, -0.25) is 9.69 Å². The van der Waals surface area contributed by atoms with Gasteiger partial charge in [0.15, 0.2) is 0 Å². The average molecular weight is 222 g/mol. The Morgan fingerprint density at radius 1 is 1.56 bits per heavy atom. The van der Waals surface area contributed by atoms with Gasteiger partial charge in [-0.1, -0.05) is 12.1 Å². The topological polar surface area (TPSA) is 55.6 Å². The van der Waals surface area contributed by atoms with Gasteiger partial charge in [-0.25, -0.2) is 0 Å². The normalized spacial score (nSPS) is 12.5. The van der Waals surface area contributed by atoms with E-state index in [2.05, 4.69) is 0 Å². The highest BCUT2D eigenvalue weighted by Gasteiger charge is 2.14. The van der Waals surface area contributed by atoms with Crippen LogP contribution >= 0.6 is 0 Å². The van der Waals surface area contributed by atoms with Crippen LogP contribution in [0.4, 0.5) is 0 Å². The number of methoxy groups -OCH3 is 1. The molecule has 0 aromatic heterocycles. The number of hydrogen-bond acceptors (Lipinski definition) is 3. The summed E-state index contributed by atoms with van der Waals surface area (Å²) < 4.78 is 5.13. The van der Waals surface area contributed by atoms with Gasteiger partial charge in [0.05, 0.1) is 13.2 Å². The minimum absolute atomic E-state index is 0.272. The summed E-state index contributed by atoms with van der Waals surface area (Å²) in [5, 5.41) is 0. The van der Waals surface area contributed by atoms with Crippen LogP contribution in [0.2, 0.25) is 0 Å². The molecule has 4 nitrogen and oxygen atoms in total. The van der Waals surface area contributed by atoms with E-state index in [0.717, 1.165) is 11.3 Å². The molecule has 0 aliphatic heterocycles. The molecule has 1 aromatic rings. The summed E-state index contributed by atoms with van der Waals surface area (Å²) in [4.78, 5) is 12.9. The van der Waals surface area contributed by atoms with E-state index in [0.29, 0.717) is 6.54 Å². The number of primary amides is 1. The summed E-state index contributed by atoms with van der Waals surface area (Å²) in [5.41, 5.74) is 6.33. The number of rotatable bonds is 5. The molecule has 2 N–H and O–H groups in total. The number of ether oxygens (including phenoxy) is 1. The molecule has 4 heteroatoms. The van der Waals surface area contributed by atoms with Gasteiger partial charge in [-0.15, -0.1) is 0 Å². The van der Waals surface area contributed by atoms with Crippen molar-refractivity contribution in [2.24, 2.45) is 5.73 Å². The molecule has 0 heterocycles. The smallest absolute Gasteiger partial charge is 0.234 e. The summed E-state index contributed by atoms with van der Waals surface area (Å²) >= 11 is 0. The van der Waals surface area contributed by atoms with Gasteiger partial charge in [0.1, 0.15) is 5.75 Å². The molecule has 0 aliphatic rings. The average Bonchev–Trinajstić information content (AvgIpc) is 2.28. The molecule has 0 fully saturated rings. The SMILES string of the molecule is COc1cccc(CN(C)[C@H](C)C(N)=O)c1. The summed E-state index contributed by atoms with van der Waals surface area (Å²) in [7, 11) is 3.50. The van der Waals surface area contributed by atoms with Crippen molar-refractivity contribution >= 4 is 5.91 Å². The third-order valence-corrected chi connectivity index (χ3v) is 2.64. The van der Waals surface area contributed by atoms with E-state index >= 15 is 0 Å². The highest BCUT2D eigenvalue weighted by atomic mass is 16.5. The van der Waals surface area contributed by atoms with E-state index in [1.54, 1.807) is 14.0 Å². The van der Waals surface area contributed by atoms with Gasteiger partial charge in [0.25, 0.3) is 0 Å². The molecule has 1 rings (SSSR count). The van der Waals surface area contributed by atoms with E-state index in [-0.39, 0.29) is 11.9 Å². The largest absolute Gasteiger partial charge is 0.497 e. The number of nitrogens with zero attached hydrogens (tertiary/aromatic N) is 1. The van der Waals surface area contributed by atoms with Crippen LogP contribution in [0.25, 0.3) is 0 Å². The van der Waals surface area contributed by atoms with Crippen molar-refractivity contribution in [2.75, 3.05) is 14.2 Å². The first-order chi connectivity index (χ1) is 7.54. The second kappa shape index (κ2) is 5.51. The number of amides is 1. The lowest BCUT2D eigenvalue weighted by Gasteiger charge is -2.22. The highest BCUT2D eigenvalue weighted by molar-refractivity contribution is 5.79. The molecule has 0 unspecified atom stereocenters. The Morgan fingerprint density at radius 2 is 2.25 bits per heavy atom. The Hall–Kier alpha value is -1.55.